The number of halogens is 1. The molecule has 1 aromatic heterocycles. The number of dihydropyridines is 1. The zero-order chi connectivity index (χ0) is 16.9. The zero-order valence-corrected chi connectivity index (χ0v) is 13.9. The van der Waals surface area contributed by atoms with Gasteiger partial charge in [0, 0.05) is 11.8 Å². The van der Waals surface area contributed by atoms with E-state index in [2.05, 4.69) is 16.5 Å². The minimum Gasteiger partial charge on any atom is -0.480 e. The molecule has 24 heavy (non-hydrogen) atoms. The molecule has 3 aliphatic rings. The van der Waals surface area contributed by atoms with Gasteiger partial charge in [-0.15, -0.1) is 0 Å². The van der Waals surface area contributed by atoms with Crippen molar-refractivity contribution in [1.82, 2.24) is 19.7 Å². The quantitative estimate of drug-likeness (QED) is 0.801. The van der Waals surface area contributed by atoms with Crippen LogP contribution in [-0.2, 0) is 17.8 Å². The lowest BCUT2D eigenvalue weighted by Crippen LogP contribution is -2.41. The number of hydrogen-bond donors (Lipinski definition) is 2. The third kappa shape index (κ3) is 2.47. The molecule has 1 fully saturated rings. The van der Waals surface area contributed by atoms with E-state index in [0.29, 0.717) is 30.4 Å². The first-order valence-corrected chi connectivity index (χ1v) is 8.59. The molecule has 3 heterocycles. The lowest BCUT2D eigenvalue weighted by atomic mass is 9.95. The molecule has 2 unspecified atom stereocenters. The molecule has 4 rings (SSSR count). The second-order valence-corrected chi connectivity index (χ2v) is 7.26. The van der Waals surface area contributed by atoms with Crippen molar-refractivity contribution in [2.24, 2.45) is 5.41 Å². The van der Waals surface area contributed by atoms with Crippen LogP contribution in [0.25, 0.3) is 0 Å². The molecule has 2 atom stereocenters. The van der Waals surface area contributed by atoms with Crippen LogP contribution in [0.15, 0.2) is 28.2 Å². The molecule has 2 aliphatic heterocycles. The zero-order valence-electron chi connectivity index (χ0n) is 13.1. The van der Waals surface area contributed by atoms with Gasteiger partial charge in [0.25, 0.3) is 0 Å². The molecular formula is C16H19ClN4O3. The van der Waals surface area contributed by atoms with Gasteiger partial charge in [-0.1, -0.05) is 23.8 Å². The number of nitrogens with one attached hydrogen (secondary N) is 1. The Morgan fingerprint density at radius 1 is 1.50 bits per heavy atom. The summed E-state index contributed by atoms with van der Waals surface area (Å²) in [6.45, 7) is 0.477. The van der Waals surface area contributed by atoms with Gasteiger partial charge in [-0.2, -0.15) is 5.10 Å². The Balaban J connectivity index is 1.63. The first-order chi connectivity index (χ1) is 11.5. The van der Waals surface area contributed by atoms with Crippen LogP contribution in [0.3, 0.4) is 0 Å². The van der Waals surface area contributed by atoms with Crippen molar-refractivity contribution >= 4 is 17.6 Å². The summed E-state index contributed by atoms with van der Waals surface area (Å²) in [5, 5.41) is 17.6. The van der Waals surface area contributed by atoms with Crippen molar-refractivity contribution in [1.29, 1.82) is 0 Å². The van der Waals surface area contributed by atoms with Crippen LogP contribution in [0.1, 0.15) is 37.5 Å². The van der Waals surface area contributed by atoms with Crippen LogP contribution in [0.2, 0.25) is 0 Å². The van der Waals surface area contributed by atoms with Gasteiger partial charge in [0.15, 0.2) is 0 Å². The van der Waals surface area contributed by atoms with Gasteiger partial charge in [-0.3, -0.25) is 4.57 Å². The Kier molecular flexibility index (Phi) is 3.56. The minimum atomic E-state index is -0.965. The van der Waals surface area contributed by atoms with Crippen molar-refractivity contribution < 1.29 is 9.90 Å². The summed E-state index contributed by atoms with van der Waals surface area (Å²) in [6.07, 6.45) is 9.61. The molecule has 128 valence electrons. The van der Waals surface area contributed by atoms with E-state index in [-0.39, 0.29) is 17.1 Å². The van der Waals surface area contributed by atoms with Crippen molar-refractivity contribution in [2.75, 3.05) is 0 Å². The Morgan fingerprint density at radius 2 is 2.29 bits per heavy atom. The highest BCUT2D eigenvalue weighted by Crippen LogP contribution is 2.51. The molecule has 0 bridgehead atoms. The van der Waals surface area contributed by atoms with E-state index in [0.717, 1.165) is 19.3 Å². The maximum atomic E-state index is 12.7. The Bertz CT molecular complexity index is 803. The number of fused-ring (bicyclic) bond motifs is 1. The number of carboxylic acids is 1. The lowest BCUT2D eigenvalue weighted by Gasteiger charge is -2.27. The largest absolute Gasteiger partial charge is 0.480 e. The molecule has 0 saturated heterocycles. The molecule has 0 aromatic carbocycles. The van der Waals surface area contributed by atoms with E-state index >= 15 is 0 Å². The van der Waals surface area contributed by atoms with Crippen LogP contribution < -0.4 is 11.0 Å². The minimum absolute atomic E-state index is 0.0656. The summed E-state index contributed by atoms with van der Waals surface area (Å²) in [7, 11) is 0. The van der Waals surface area contributed by atoms with E-state index in [1.54, 1.807) is 6.08 Å². The van der Waals surface area contributed by atoms with Crippen LogP contribution in [-0.4, -0.2) is 31.5 Å². The Labute approximate surface area is 143 Å². The third-order valence-electron chi connectivity index (χ3n) is 5.27. The average molecular weight is 351 g/mol. The fraction of sp³-hybridized carbons (Fsp3) is 0.562. The van der Waals surface area contributed by atoms with Crippen molar-refractivity contribution in [3.05, 3.63) is 39.7 Å². The molecule has 1 aliphatic carbocycles. The number of hydrogen-bond acceptors (Lipinski definition) is 4. The van der Waals surface area contributed by atoms with E-state index in [9.17, 15) is 14.7 Å². The van der Waals surface area contributed by atoms with Crippen molar-refractivity contribution in [3.8, 4) is 0 Å². The second-order valence-electron chi connectivity index (χ2n) is 6.86. The number of rotatable bonds is 4. The SMILES string of the molecule is O=C(O)C1CCCc2nn(CC3(C4C=CC=C(Cl)N4)CC3)c(=O)n21. The Hall–Kier alpha value is -2.02. The first-order valence-electron chi connectivity index (χ1n) is 8.22. The topological polar surface area (TPSA) is 89.2 Å². The summed E-state index contributed by atoms with van der Waals surface area (Å²) < 4.78 is 2.81. The molecule has 1 aromatic rings. The standard InChI is InChI=1S/C16H19ClN4O3/c17-12-5-2-4-11(18-12)16(7-8-16)9-20-15(24)21-10(14(22)23)3-1-6-13(21)19-20/h2,4-5,10-11,18H,1,3,6-9H2,(H,22,23). The normalized spacial score (nSPS) is 27.1. The monoisotopic (exact) mass is 350 g/mol. The summed E-state index contributed by atoms with van der Waals surface area (Å²) in [5.41, 5.74) is -0.400. The number of aliphatic carboxylic acids is 1. The average Bonchev–Trinajstić information content (AvgIpc) is 3.27. The third-order valence-corrected chi connectivity index (χ3v) is 5.51. The van der Waals surface area contributed by atoms with E-state index in [1.165, 1.54) is 9.25 Å². The molecule has 8 heteroatoms. The van der Waals surface area contributed by atoms with Gasteiger partial charge >= 0.3 is 11.7 Å². The van der Waals surface area contributed by atoms with E-state index < -0.39 is 12.0 Å². The number of carbonyl (C=O) groups is 1. The number of allylic oxidation sites excluding steroid dienone is 2. The van der Waals surface area contributed by atoms with Gasteiger partial charge in [0.05, 0.1) is 12.6 Å². The van der Waals surface area contributed by atoms with Crippen molar-refractivity contribution in [2.45, 2.75) is 50.7 Å². The summed E-state index contributed by atoms with van der Waals surface area (Å²) in [6, 6.07) is -0.730. The molecule has 0 spiro atoms. The molecule has 7 nitrogen and oxygen atoms in total. The summed E-state index contributed by atoms with van der Waals surface area (Å²) >= 11 is 6.06. The highest BCUT2D eigenvalue weighted by molar-refractivity contribution is 6.29. The highest BCUT2D eigenvalue weighted by Gasteiger charge is 2.50. The van der Waals surface area contributed by atoms with Gasteiger partial charge in [0.1, 0.15) is 17.0 Å². The van der Waals surface area contributed by atoms with Crippen LogP contribution in [0.5, 0.6) is 0 Å². The molecule has 2 N–H and O–H groups in total. The first kappa shape index (κ1) is 15.5. The van der Waals surface area contributed by atoms with Crippen molar-refractivity contribution in [3.63, 3.8) is 0 Å². The lowest BCUT2D eigenvalue weighted by molar-refractivity contribution is -0.141. The molecule has 0 amide bonds. The number of aryl methyl sites for hydroxylation is 1. The predicted octanol–water partition coefficient (Wildman–Crippen LogP) is 1.40. The van der Waals surface area contributed by atoms with E-state index in [4.69, 9.17) is 11.6 Å². The predicted molar refractivity (Wildman–Crippen MR) is 87.8 cm³/mol. The maximum Gasteiger partial charge on any atom is 0.346 e. The molecule has 1 saturated carbocycles. The summed E-state index contributed by atoms with van der Waals surface area (Å²) in [4.78, 5) is 24.1. The van der Waals surface area contributed by atoms with Gasteiger partial charge in [-0.25, -0.2) is 14.3 Å². The van der Waals surface area contributed by atoms with E-state index in [1.807, 2.05) is 6.08 Å². The van der Waals surface area contributed by atoms with Gasteiger partial charge < -0.3 is 10.4 Å². The van der Waals surface area contributed by atoms with Gasteiger partial charge in [-0.05, 0) is 31.8 Å². The smallest absolute Gasteiger partial charge is 0.346 e. The Morgan fingerprint density at radius 3 is 2.96 bits per heavy atom. The maximum absolute atomic E-state index is 12.7. The fourth-order valence-corrected chi connectivity index (χ4v) is 3.94. The number of nitrogens with zero attached hydrogens (tertiary/aromatic N) is 3. The highest BCUT2D eigenvalue weighted by atomic mass is 35.5. The van der Waals surface area contributed by atoms with Gasteiger partial charge in [0.2, 0.25) is 0 Å². The molecule has 0 radical (unpaired) electrons. The second kappa shape index (κ2) is 5.51. The number of aromatic nitrogens is 3. The number of carboxylic acid groups (broad SMARTS) is 1. The van der Waals surface area contributed by atoms with Crippen LogP contribution in [0, 0.1) is 5.41 Å². The van der Waals surface area contributed by atoms with Crippen LogP contribution in [0.4, 0.5) is 0 Å². The summed E-state index contributed by atoms with van der Waals surface area (Å²) in [5.74, 6) is -0.382. The fourth-order valence-electron chi connectivity index (χ4n) is 3.75. The molecular weight excluding hydrogens is 332 g/mol. The van der Waals surface area contributed by atoms with Crippen LogP contribution >= 0.6 is 11.6 Å².